The van der Waals surface area contributed by atoms with Gasteiger partial charge in [0.15, 0.2) is 0 Å². The van der Waals surface area contributed by atoms with Crippen LogP contribution >= 0.6 is 0 Å². The molecule has 118 valence electrons. The highest BCUT2D eigenvalue weighted by atomic mass is 16.3. The molecule has 0 aromatic heterocycles. The molecule has 4 nitrogen and oxygen atoms in total. The molecule has 2 aromatic carbocycles. The monoisotopic (exact) mass is 307 g/mol. The fraction of sp³-hybridized carbons (Fsp3) is 0.263. The van der Waals surface area contributed by atoms with Crippen molar-refractivity contribution < 1.29 is 5.11 Å². The Morgan fingerprint density at radius 3 is 2.61 bits per heavy atom. The van der Waals surface area contributed by atoms with Gasteiger partial charge in [-0.1, -0.05) is 18.2 Å². The lowest BCUT2D eigenvalue weighted by molar-refractivity contribution is 0.304. The normalized spacial score (nSPS) is 12.3. The van der Waals surface area contributed by atoms with Crippen LogP contribution in [0.15, 0.2) is 47.0 Å². The molecule has 2 rings (SSSR count). The minimum Gasteiger partial charge on any atom is -0.395 e. The second-order valence-electron chi connectivity index (χ2n) is 5.43. The first-order chi connectivity index (χ1) is 11.1. The Morgan fingerprint density at radius 2 is 1.96 bits per heavy atom. The second kappa shape index (κ2) is 7.57. The highest BCUT2D eigenvalue weighted by molar-refractivity contribution is 5.97. The van der Waals surface area contributed by atoms with Gasteiger partial charge < -0.3 is 10.0 Å². The fourth-order valence-corrected chi connectivity index (χ4v) is 2.48. The number of allylic oxidation sites excluding steroid dienone is 2. The van der Waals surface area contributed by atoms with Crippen LogP contribution in [0.1, 0.15) is 12.5 Å². The highest BCUT2D eigenvalue weighted by Gasteiger charge is 2.06. The van der Waals surface area contributed by atoms with Crippen molar-refractivity contribution in [3.8, 4) is 6.07 Å². The largest absolute Gasteiger partial charge is 0.395 e. The van der Waals surface area contributed by atoms with E-state index in [2.05, 4.69) is 35.3 Å². The van der Waals surface area contributed by atoms with Gasteiger partial charge in [0.2, 0.25) is 0 Å². The Bertz CT molecular complexity index is 800. The number of aliphatic imine (C=N–C) groups is 1. The van der Waals surface area contributed by atoms with Crippen LogP contribution in [0.5, 0.6) is 0 Å². The summed E-state index contributed by atoms with van der Waals surface area (Å²) in [5.41, 5.74) is 3.58. The zero-order valence-electron chi connectivity index (χ0n) is 13.7. The number of anilines is 1. The van der Waals surface area contributed by atoms with E-state index in [0.717, 1.165) is 27.6 Å². The third-order valence-corrected chi connectivity index (χ3v) is 3.92. The van der Waals surface area contributed by atoms with Crippen molar-refractivity contribution in [1.82, 2.24) is 0 Å². The second-order valence-corrected chi connectivity index (χ2v) is 5.43. The highest BCUT2D eigenvalue weighted by Crippen LogP contribution is 2.26. The van der Waals surface area contributed by atoms with Gasteiger partial charge in [0.1, 0.15) is 6.07 Å². The van der Waals surface area contributed by atoms with Gasteiger partial charge in [0.25, 0.3) is 0 Å². The van der Waals surface area contributed by atoms with E-state index in [1.165, 1.54) is 0 Å². The van der Waals surface area contributed by atoms with Crippen LogP contribution in [0.4, 0.5) is 5.69 Å². The summed E-state index contributed by atoms with van der Waals surface area (Å²) in [4.78, 5) is 5.95. The summed E-state index contributed by atoms with van der Waals surface area (Å²) in [6, 6.07) is 14.6. The van der Waals surface area contributed by atoms with Crippen LogP contribution in [0.3, 0.4) is 0 Å². The Balaban J connectivity index is 2.45. The van der Waals surface area contributed by atoms with Gasteiger partial charge in [-0.25, -0.2) is 0 Å². The topological polar surface area (TPSA) is 59.6 Å². The smallest absolute Gasteiger partial charge is 0.101 e. The van der Waals surface area contributed by atoms with Gasteiger partial charge in [0, 0.05) is 32.5 Å². The number of nitriles is 1. The van der Waals surface area contributed by atoms with Crippen LogP contribution in [0, 0.1) is 11.3 Å². The average Bonchev–Trinajstić information content (AvgIpc) is 2.58. The van der Waals surface area contributed by atoms with E-state index in [9.17, 15) is 5.26 Å². The van der Waals surface area contributed by atoms with E-state index >= 15 is 0 Å². The molecule has 0 radical (unpaired) electrons. The van der Waals surface area contributed by atoms with Crippen LogP contribution in [-0.2, 0) is 0 Å². The summed E-state index contributed by atoms with van der Waals surface area (Å²) in [5.74, 6) is 0. The van der Waals surface area contributed by atoms with Crippen LogP contribution < -0.4 is 4.90 Å². The molecule has 0 heterocycles. The lowest BCUT2D eigenvalue weighted by Gasteiger charge is -2.18. The first-order valence-electron chi connectivity index (χ1n) is 7.50. The van der Waals surface area contributed by atoms with Gasteiger partial charge in [-0.2, -0.15) is 5.26 Å². The summed E-state index contributed by atoms with van der Waals surface area (Å²) < 4.78 is 0. The Kier molecular flexibility index (Phi) is 5.51. The molecule has 0 aliphatic carbocycles. The van der Waals surface area contributed by atoms with Crippen molar-refractivity contribution in [2.24, 2.45) is 4.99 Å². The van der Waals surface area contributed by atoms with Gasteiger partial charge in [-0.15, -0.1) is 0 Å². The van der Waals surface area contributed by atoms with Crippen molar-refractivity contribution in [2.75, 3.05) is 32.1 Å². The predicted octanol–water partition coefficient (Wildman–Crippen LogP) is 3.27. The van der Waals surface area contributed by atoms with Crippen molar-refractivity contribution in [3.63, 3.8) is 0 Å². The molecule has 0 aliphatic rings. The molecule has 0 amide bonds. The van der Waals surface area contributed by atoms with E-state index in [-0.39, 0.29) is 6.61 Å². The lowest BCUT2D eigenvalue weighted by Crippen LogP contribution is -2.20. The minimum absolute atomic E-state index is 0.132. The van der Waals surface area contributed by atoms with E-state index in [1.54, 1.807) is 13.3 Å². The number of aliphatic hydroxyl groups excluding tert-OH is 1. The van der Waals surface area contributed by atoms with Crippen LogP contribution in [-0.4, -0.2) is 38.6 Å². The molecule has 2 aromatic rings. The van der Waals surface area contributed by atoms with Crippen molar-refractivity contribution in [2.45, 2.75) is 6.92 Å². The van der Waals surface area contributed by atoms with Gasteiger partial charge in [-0.3, -0.25) is 4.99 Å². The molecule has 0 bridgehead atoms. The molecule has 0 saturated carbocycles. The summed E-state index contributed by atoms with van der Waals surface area (Å²) in [6.45, 7) is 2.67. The third kappa shape index (κ3) is 3.77. The number of fused-ring (bicyclic) bond motifs is 1. The van der Waals surface area contributed by atoms with Crippen LogP contribution in [0.2, 0.25) is 0 Å². The molecule has 1 N–H and O–H groups in total. The van der Waals surface area contributed by atoms with E-state index in [0.29, 0.717) is 12.1 Å². The van der Waals surface area contributed by atoms with Crippen LogP contribution in [0.25, 0.3) is 16.3 Å². The maximum atomic E-state index is 9.23. The number of nitrogens with zero attached hydrogens (tertiary/aromatic N) is 3. The van der Waals surface area contributed by atoms with E-state index < -0.39 is 0 Å². The average molecular weight is 307 g/mol. The molecule has 23 heavy (non-hydrogen) atoms. The summed E-state index contributed by atoms with van der Waals surface area (Å²) >= 11 is 0. The number of hydrogen-bond donors (Lipinski definition) is 1. The number of rotatable bonds is 5. The maximum absolute atomic E-state index is 9.23. The van der Waals surface area contributed by atoms with E-state index in [1.807, 2.05) is 31.0 Å². The summed E-state index contributed by atoms with van der Waals surface area (Å²) in [7, 11) is 3.62. The standard InChI is InChI=1S/C19H21N3O/c1-14(18(12-20)13-21-2)15-4-5-17-11-19(22(3)8-9-23)7-6-16(17)10-15/h4-7,10-11,13,23H,8-9H2,1-3H3/b18-14+,21-13?. The Labute approximate surface area is 137 Å². The molecular formula is C19H21N3O. The maximum Gasteiger partial charge on any atom is 0.101 e. The number of hydrogen-bond acceptors (Lipinski definition) is 4. The van der Waals surface area contributed by atoms with Gasteiger partial charge in [0.05, 0.1) is 12.2 Å². The zero-order chi connectivity index (χ0) is 16.8. The van der Waals surface area contributed by atoms with Crippen molar-refractivity contribution in [1.29, 1.82) is 5.26 Å². The molecule has 0 saturated heterocycles. The number of aliphatic hydroxyl groups is 1. The minimum atomic E-state index is 0.132. The molecule has 0 atom stereocenters. The Morgan fingerprint density at radius 1 is 1.26 bits per heavy atom. The predicted molar refractivity (Wildman–Crippen MR) is 96.9 cm³/mol. The zero-order valence-corrected chi connectivity index (χ0v) is 13.7. The first-order valence-corrected chi connectivity index (χ1v) is 7.50. The SMILES string of the molecule is CN=C/C(C#N)=C(\C)c1ccc2cc(N(C)CCO)ccc2c1. The fourth-order valence-electron chi connectivity index (χ4n) is 2.48. The first kappa shape index (κ1) is 16.7. The van der Waals surface area contributed by atoms with Crippen molar-refractivity contribution >= 4 is 28.2 Å². The molecule has 0 aliphatic heterocycles. The van der Waals surface area contributed by atoms with Gasteiger partial charge in [-0.05, 0) is 47.0 Å². The molecule has 0 spiro atoms. The Hall–Kier alpha value is -2.64. The van der Waals surface area contributed by atoms with E-state index in [4.69, 9.17) is 5.11 Å². The lowest BCUT2D eigenvalue weighted by atomic mass is 9.99. The molecule has 0 fully saturated rings. The molecule has 0 unspecified atom stereocenters. The van der Waals surface area contributed by atoms with Crippen molar-refractivity contribution in [3.05, 3.63) is 47.5 Å². The quantitative estimate of drug-likeness (QED) is 0.681. The molecule has 4 heteroatoms. The summed E-state index contributed by atoms with van der Waals surface area (Å²) in [5, 5.41) is 20.5. The number of likely N-dealkylation sites (N-methyl/N-ethyl adjacent to an activating group) is 1. The van der Waals surface area contributed by atoms with Gasteiger partial charge >= 0.3 is 0 Å². The number of benzene rings is 2. The summed E-state index contributed by atoms with van der Waals surface area (Å²) in [6.07, 6.45) is 1.59. The molecular weight excluding hydrogens is 286 g/mol. The third-order valence-electron chi connectivity index (χ3n) is 3.92.